The number of thioether (sulfide) groups is 1. The van der Waals surface area contributed by atoms with Gasteiger partial charge in [0.1, 0.15) is 11.9 Å². The van der Waals surface area contributed by atoms with E-state index in [2.05, 4.69) is 15.9 Å². The Bertz CT molecular complexity index is 910. The molecule has 0 aliphatic carbocycles. The van der Waals surface area contributed by atoms with Gasteiger partial charge in [-0.05, 0) is 36.8 Å². The number of nitrogens with zero attached hydrogens (tertiary/aromatic N) is 4. The third kappa shape index (κ3) is 3.89. The van der Waals surface area contributed by atoms with Gasteiger partial charge in [-0.1, -0.05) is 23.9 Å². The van der Waals surface area contributed by atoms with Crippen molar-refractivity contribution in [3.05, 3.63) is 75.9 Å². The van der Waals surface area contributed by atoms with Gasteiger partial charge >= 0.3 is 0 Å². The van der Waals surface area contributed by atoms with Crippen LogP contribution in [0.4, 0.5) is 10.1 Å². The van der Waals surface area contributed by atoms with Gasteiger partial charge in [0.2, 0.25) is 0 Å². The molecule has 0 fully saturated rings. The highest BCUT2D eigenvalue weighted by molar-refractivity contribution is 7.98. The van der Waals surface area contributed by atoms with Crippen molar-refractivity contribution in [3.63, 3.8) is 0 Å². The first-order chi connectivity index (χ1) is 12.5. The monoisotopic (exact) mass is 374 g/mol. The van der Waals surface area contributed by atoms with Crippen LogP contribution in [-0.4, -0.2) is 19.7 Å². The molecule has 1 aromatic heterocycles. The maximum absolute atomic E-state index is 13.0. The summed E-state index contributed by atoms with van der Waals surface area (Å²) in [6, 6.07) is 12.4. The van der Waals surface area contributed by atoms with E-state index in [9.17, 15) is 14.5 Å². The van der Waals surface area contributed by atoms with E-state index >= 15 is 0 Å². The van der Waals surface area contributed by atoms with Gasteiger partial charge in [0, 0.05) is 17.9 Å². The molecule has 2 aromatic carbocycles. The molecule has 0 aliphatic heterocycles. The van der Waals surface area contributed by atoms with Crippen molar-refractivity contribution in [3.8, 4) is 5.69 Å². The van der Waals surface area contributed by atoms with Crippen molar-refractivity contribution in [2.45, 2.75) is 23.9 Å². The average molecular weight is 374 g/mol. The molecule has 3 aromatic rings. The van der Waals surface area contributed by atoms with E-state index in [1.54, 1.807) is 24.3 Å². The Kier molecular flexibility index (Phi) is 5.29. The predicted octanol–water partition coefficient (Wildman–Crippen LogP) is 2.91. The van der Waals surface area contributed by atoms with Gasteiger partial charge in [-0.2, -0.15) is 0 Å². The summed E-state index contributed by atoms with van der Waals surface area (Å²) >= 11 is 1.45. The van der Waals surface area contributed by atoms with Gasteiger partial charge in [-0.15, -0.1) is 10.2 Å². The Morgan fingerprint density at radius 3 is 2.42 bits per heavy atom. The highest BCUT2D eigenvalue weighted by Crippen LogP contribution is 2.27. The Morgan fingerprint density at radius 2 is 1.85 bits per heavy atom. The largest absolute Gasteiger partial charge is 0.349 e. The van der Waals surface area contributed by atoms with Gasteiger partial charge in [-0.25, -0.2) is 4.39 Å². The number of rotatable bonds is 6. The summed E-state index contributed by atoms with van der Waals surface area (Å²) < 4.78 is 14.9. The Labute approximate surface area is 153 Å². The number of non-ortho nitro benzene ring substituents is 1. The molecule has 134 valence electrons. The summed E-state index contributed by atoms with van der Waals surface area (Å²) in [5, 5.41) is 19.9. The summed E-state index contributed by atoms with van der Waals surface area (Å²) in [5.41, 5.74) is 5.71. The number of aromatic nitrogens is 3. The van der Waals surface area contributed by atoms with Crippen LogP contribution >= 0.6 is 11.8 Å². The molecular formula is C17H17FN5O2S+. The molecule has 9 heteroatoms. The predicted molar refractivity (Wildman–Crippen MR) is 95.3 cm³/mol. The van der Waals surface area contributed by atoms with Gasteiger partial charge in [0.25, 0.3) is 5.69 Å². The van der Waals surface area contributed by atoms with Gasteiger partial charge in [-0.3, -0.25) is 14.7 Å². The number of hydrogen-bond acceptors (Lipinski definition) is 5. The average Bonchev–Trinajstić information content (AvgIpc) is 3.05. The minimum absolute atomic E-state index is 0.0200. The third-order valence-corrected chi connectivity index (χ3v) is 4.70. The summed E-state index contributed by atoms with van der Waals surface area (Å²) in [5.74, 6) is 0.984. The lowest BCUT2D eigenvalue weighted by Gasteiger charge is -2.10. The highest BCUT2D eigenvalue weighted by Gasteiger charge is 2.20. The number of benzene rings is 2. The second kappa shape index (κ2) is 7.63. The van der Waals surface area contributed by atoms with Crippen molar-refractivity contribution in [2.24, 2.45) is 0 Å². The fraction of sp³-hybridized carbons (Fsp3) is 0.176. The maximum atomic E-state index is 13.0. The van der Waals surface area contributed by atoms with E-state index in [1.165, 1.54) is 36.0 Å². The fourth-order valence-electron chi connectivity index (χ4n) is 2.39. The quantitative estimate of drug-likeness (QED) is 0.406. The van der Waals surface area contributed by atoms with E-state index in [0.29, 0.717) is 16.7 Å². The topological polar surface area (TPSA) is 101 Å². The number of nitro groups is 1. The van der Waals surface area contributed by atoms with Crippen molar-refractivity contribution in [1.82, 2.24) is 14.8 Å². The zero-order valence-corrected chi connectivity index (χ0v) is 14.8. The van der Waals surface area contributed by atoms with Crippen LogP contribution in [0.15, 0.2) is 53.7 Å². The molecule has 0 saturated carbocycles. The minimum Gasteiger partial charge on any atom is -0.349 e. The molecule has 7 nitrogen and oxygen atoms in total. The number of nitro benzene ring substituents is 1. The summed E-state index contributed by atoms with van der Waals surface area (Å²) in [7, 11) is 0. The molecule has 3 rings (SSSR count). The van der Waals surface area contributed by atoms with E-state index < -0.39 is 4.92 Å². The van der Waals surface area contributed by atoms with E-state index in [-0.39, 0.29) is 17.5 Å². The number of quaternary nitrogens is 1. The zero-order valence-electron chi connectivity index (χ0n) is 14.0. The van der Waals surface area contributed by atoms with Crippen LogP contribution in [0.1, 0.15) is 24.4 Å². The van der Waals surface area contributed by atoms with Crippen LogP contribution < -0.4 is 5.73 Å². The highest BCUT2D eigenvalue weighted by atomic mass is 32.2. The van der Waals surface area contributed by atoms with Gasteiger partial charge in [0.15, 0.2) is 11.0 Å². The minimum atomic E-state index is -0.439. The zero-order chi connectivity index (χ0) is 18.7. The van der Waals surface area contributed by atoms with E-state index in [1.807, 2.05) is 11.5 Å². The molecule has 1 atom stereocenters. The lowest BCUT2D eigenvalue weighted by molar-refractivity contribution is -0.422. The fourth-order valence-corrected chi connectivity index (χ4v) is 3.30. The molecule has 0 saturated heterocycles. The lowest BCUT2D eigenvalue weighted by Crippen LogP contribution is -2.52. The summed E-state index contributed by atoms with van der Waals surface area (Å²) in [6.07, 6.45) is 0. The first kappa shape index (κ1) is 18.0. The van der Waals surface area contributed by atoms with Crippen LogP contribution in [0.2, 0.25) is 0 Å². The van der Waals surface area contributed by atoms with Crippen LogP contribution in [0, 0.1) is 15.9 Å². The second-order valence-electron chi connectivity index (χ2n) is 5.77. The van der Waals surface area contributed by atoms with Crippen LogP contribution in [-0.2, 0) is 5.75 Å². The molecule has 3 N–H and O–H groups in total. The molecule has 0 bridgehead atoms. The SMILES string of the molecule is C[C@@H]([NH3+])c1nnc(SCc2ccc(F)cc2)n1-c1ccc([N+](=O)[O-])cc1. The molecular weight excluding hydrogens is 357 g/mol. The Balaban J connectivity index is 1.91. The molecule has 0 spiro atoms. The molecule has 0 aliphatic rings. The smallest absolute Gasteiger partial charge is 0.269 e. The van der Waals surface area contributed by atoms with Gasteiger partial charge < -0.3 is 5.73 Å². The van der Waals surface area contributed by atoms with Crippen molar-refractivity contribution >= 4 is 17.4 Å². The first-order valence-corrected chi connectivity index (χ1v) is 8.84. The summed E-state index contributed by atoms with van der Waals surface area (Å²) in [6.45, 7) is 1.90. The molecule has 1 heterocycles. The van der Waals surface area contributed by atoms with Crippen molar-refractivity contribution < 1.29 is 15.0 Å². The van der Waals surface area contributed by atoms with Crippen LogP contribution in [0.25, 0.3) is 5.69 Å². The normalized spacial score (nSPS) is 12.1. The Hall–Kier alpha value is -2.78. The molecule has 0 radical (unpaired) electrons. The number of halogens is 1. The molecule has 26 heavy (non-hydrogen) atoms. The van der Waals surface area contributed by atoms with Crippen molar-refractivity contribution in [1.29, 1.82) is 0 Å². The molecule has 0 unspecified atom stereocenters. The number of hydrogen-bond donors (Lipinski definition) is 1. The molecule has 0 amide bonds. The standard InChI is InChI=1S/C17H16FN5O2S/c1-11(19)16-20-21-17(26-10-12-2-4-13(18)5-3-12)22(16)14-6-8-15(9-7-14)23(24)25/h2-9,11H,10,19H2,1H3/p+1/t11-/m1/s1. The summed E-state index contributed by atoms with van der Waals surface area (Å²) in [4.78, 5) is 10.4. The van der Waals surface area contributed by atoms with Gasteiger partial charge in [0.05, 0.1) is 10.6 Å². The third-order valence-electron chi connectivity index (χ3n) is 3.70. The van der Waals surface area contributed by atoms with Crippen LogP contribution in [0.5, 0.6) is 0 Å². The van der Waals surface area contributed by atoms with E-state index in [4.69, 9.17) is 0 Å². The maximum Gasteiger partial charge on any atom is 0.269 e. The second-order valence-corrected chi connectivity index (χ2v) is 6.71. The lowest BCUT2D eigenvalue weighted by atomic mass is 10.2. The van der Waals surface area contributed by atoms with E-state index in [0.717, 1.165) is 11.3 Å². The first-order valence-electron chi connectivity index (χ1n) is 7.86. The van der Waals surface area contributed by atoms with Crippen molar-refractivity contribution in [2.75, 3.05) is 0 Å². The van der Waals surface area contributed by atoms with Crippen LogP contribution in [0.3, 0.4) is 0 Å². The Morgan fingerprint density at radius 1 is 1.19 bits per heavy atom.